The fourth-order valence-electron chi connectivity index (χ4n) is 0.470. The zero-order valence-electron chi connectivity index (χ0n) is 6.18. The maximum atomic E-state index is 10.1. The fourth-order valence-corrected chi connectivity index (χ4v) is 0.470. The SMILES string of the molecule is CC(C)([C]=O)CCC(=O)O. The van der Waals surface area contributed by atoms with Crippen molar-refractivity contribution in [3.63, 3.8) is 0 Å². The largest absolute Gasteiger partial charge is 0.481 e. The summed E-state index contributed by atoms with van der Waals surface area (Å²) in [6, 6.07) is 0. The summed E-state index contributed by atoms with van der Waals surface area (Å²) in [5.41, 5.74) is -0.613. The van der Waals surface area contributed by atoms with E-state index in [0.717, 1.165) is 0 Å². The second-order valence-corrected chi connectivity index (χ2v) is 2.88. The first-order valence-corrected chi connectivity index (χ1v) is 3.09. The lowest BCUT2D eigenvalue weighted by Crippen LogP contribution is -2.14. The molecule has 0 aromatic carbocycles. The lowest BCUT2D eigenvalue weighted by Gasteiger charge is -2.12. The van der Waals surface area contributed by atoms with Gasteiger partial charge in [-0.1, -0.05) is 13.8 Å². The predicted octanol–water partition coefficient (Wildman–Crippen LogP) is 0.987. The molecule has 57 valence electrons. The maximum absolute atomic E-state index is 10.1. The Hall–Kier alpha value is -0.860. The highest BCUT2D eigenvalue weighted by atomic mass is 16.4. The first-order chi connectivity index (χ1) is 4.48. The topological polar surface area (TPSA) is 54.4 Å². The summed E-state index contributed by atoms with van der Waals surface area (Å²) in [4.78, 5) is 20.2. The Labute approximate surface area is 60.0 Å². The van der Waals surface area contributed by atoms with E-state index >= 15 is 0 Å². The van der Waals surface area contributed by atoms with E-state index in [9.17, 15) is 9.59 Å². The van der Waals surface area contributed by atoms with Crippen molar-refractivity contribution in [3.05, 3.63) is 0 Å². The molecule has 0 aliphatic heterocycles. The summed E-state index contributed by atoms with van der Waals surface area (Å²) in [5, 5.41) is 8.24. The van der Waals surface area contributed by atoms with Crippen LogP contribution in [0.3, 0.4) is 0 Å². The number of hydrogen-bond acceptors (Lipinski definition) is 2. The molecule has 0 heterocycles. The van der Waals surface area contributed by atoms with Gasteiger partial charge in [-0.05, 0) is 6.42 Å². The van der Waals surface area contributed by atoms with Crippen LogP contribution in [-0.4, -0.2) is 17.4 Å². The van der Waals surface area contributed by atoms with Crippen molar-refractivity contribution < 1.29 is 14.7 Å². The van der Waals surface area contributed by atoms with Crippen LogP contribution in [-0.2, 0) is 9.59 Å². The summed E-state index contributed by atoms with van der Waals surface area (Å²) in [6.07, 6.45) is 2.17. The number of rotatable bonds is 4. The van der Waals surface area contributed by atoms with Crippen LogP contribution < -0.4 is 0 Å². The minimum atomic E-state index is -0.872. The average Bonchev–Trinajstić information content (AvgIpc) is 1.85. The number of carbonyl (C=O) groups excluding carboxylic acids is 1. The number of carbonyl (C=O) groups is 1. The first-order valence-electron chi connectivity index (χ1n) is 3.09. The molecule has 0 aliphatic carbocycles. The minimum absolute atomic E-state index is 0.0300. The van der Waals surface area contributed by atoms with Crippen molar-refractivity contribution in [3.8, 4) is 0 Å². The molecule has 0 aliphatic rings. The van der Waals surface area contributed by atoms with Crippen LogP contribution in [0.15, 0.2) is 0 Å². The molecule has 0 saturated carbocycles. The molecule has 0 rings (SSSR count). The quantitative estimate of drug-likeness (QED) is 0.638. The van der Waals surface area contributed by atoms with Crippen LogP contribution in [0.2, 0.25) is 0 Å². The van der Waals surface area contributed by atoms with Crippen LogP contribution in [0.25, 0.3) is 0 Å². The molecule has 0 atom stereocenters. The Balaban J connectivity index is 3.67. The van der Waals surface area contributed by atoms with Gasteiger partial charge in [0.25, 0.3) is 0 Å². The second-order valence-electron chi connectivity index (χ2n) is 2.88. The molecule has 0 bridgehead atoms. The summed E-state index contributed by atoms with van der Waals surface area (Å²) >= 11 is 0. The van der Waals surface area contributed by atoms with E-state index in [0.29, 0.717) is 6.42 Å². The van der Waals surface area contributed by atoms with Crippen molar-refractivity contribution in [2.45, 2.75) is 26.7 Å². The van der Waals surface area contributed by atoms with Crippen LogP contribution in [0, 0.1) is 5.41 Å². The minimum Gasteiger partial charge on any atom is -0.481 e. The predicted molar refractivity (Wildman–Crippen MR) is 36.3 cm³/mol. The lowest BCUT2D eigenvalue weighted by molar-refractivity contribution is -0.137. The van der Waals surface area contributed by atoms with E-state index in [4.69, 9.17) is 5.11 Å². The molecule has 0 aromatic heterocycles. The highest BCUT2D eigenvalue weighted by molar-refractivity contribution is 5.68. The first kappa shape index (κ1) is 9.14. The van der Waals surface area contributed by atoms with Crippen molar-refractivity contribution in [1.82, 2.24) is 0 Å². The normalized spacial score (nSPS) is 11.0. The third-order valence-electron chi connectivity index (χ3n) is 1.24. The average molecular weight is 143 g/mol. The zero-order chi connectivity index (χ0) is 8.20. The molecule has 0 spiro atoms. The van der Waals surface area contributed by atoms with Crippen LogP contribution in [0.5, 0.6) is 0 Å². The van der Waals surface area contributed by atoms with E-state index < -0.39 is 11.4 Å². The molecule has 0 amide bonds. The van der Waals surface area contributed by atoms with Crippen molar-refractivity contribution in [2.24, 2.45) is 5.41 Å². The second kappa shape index (κ2) is 3.34. The van der Waals surface area contributed by atoms with Crippen molar-refractivity contribution >= 4 is 12.3 Å². The zero-order valence-corrected chi connectivity index (χ0v) is 6.18. The van der Waals surface area contributed by atoms with Gasteiger partial charge >= 0.3 is 5.97 Å². The van der Waals surface area contributed by atoms with Gasteiger partial charge in [-0.2, -0.15) is 0 Å². The number of carboxylic acid groups (broad SMARTS) is 1. The van der Waals surface area contributed by atoms with E-state index in [1.54, 1.807) is 20.1 Å². The summed E-state index contributed by atoms with van der Waals surface area (Å²) in [5.74, 6) is -0.872. The summed E-state index contributed by atoms with van der Waals surface area (Å²) in [6.45, 7) is 3.34. The van der Waals surface area contributed by atoms with Crippen LogP contribution in [0.1, 0.15) is 26.7 Å². The molecule has 0 aromatic rings. The third kappa shape index (κ3) is 4.06. The van der Waals surface area contributed by atoms with Gasteiger partial charge in [0.1, 0.15) is 0 Å². The van der Waals surface area contributed by atoms with Gasteiger partial charge < -0.3 is 5.11 Å². The number of aliphatic carboxylic acids is 1. The summed E-state index contributed by atoms with van der Waals surface area (Å²) in [7, 11) is 0. The molecular weight excluding hydrogens is 132 g/mol. The number of hydrogen-bond donors (Lipinski definition) is 1. The molecular formula is C7H11O3. The van der Waals surface area contributed by atoms with Gasteiger partial charge in [-0.3, -0.25) is 9.59 Å². The van der Waals surface area contributed by atoms with Crippen LogP contribution in [0.4, 0.5) is 0 Å². The Morgan fingerprint density at radius 1 is 1.60 bits per heavy atom. The van der Waals surface area contributed by atoms with E-state index in [1.807, 2.05) is 0 Å². The van der Waals surface area contributed by atoms with Gasteiger partial charge in [-0.25, -0.2) is 0 Å². The van der Waals surface area contributed by atoms with Gasteiger partial charge in [0.05, 0.1) is 0 Å². The molecule has 0 fully saturated rings. The van der Waals surface area contributed by atoms with Gasteiger partial charge in [0.2, 0.25) is 6.29 Å². The molecule has 10 heavy (non-hydrogen) atoms. The van der Waals surface area contributed by atoms with Gasteiger partial charge in [0.15, 0.2) is 0 Å². The molecule has 3 nitrogen and oxygen atoms in total. The smallest absolute Gasteiger partial charge is 0.303 e. The van der Waals surface area contributed by atoms with Crippen molar-refractivity contribution in [2.75, 3.05) is 0 Å². The van der Waals surface area contributed by atoms with Crippen molar-refractivity contribution in [1.29, 1.82) is 0 Å². The summed E-state index contributed by atoms with van der Waals surface area (Å²) < 4.78 is 0. The van der Waals surface area contributed by atoms with E-state index in [-0.39, 0.29) is 6.42 Å². The maximum Gasteiger partial charge on any atom is 0.303 e. The fraction of sp³-hybridized carbons (Fsp3) is 0.714. The van der Waals surface area contributed by atoms with Gasteiger partial charge in [0, 0.05) is 11.8 Å². The standard InChI is InChI=1S/C7H11O3/c1-7(2,5-8)4-3-6(9)10/h3-4H2,1-2H3,(H,9,10). The van der Waals surface area contributed by atoms with Crippen LogP contribution >= 0.6 is 0 Å². The monoisotopic (exact) mass is 143 g/mol. The lowest BCUT2D eigenvalue weighted by atomic mass is 9.90. The molecule has 1 N–H and O–H groups in total. The Kier molecular flexibility index (Phi) is 3.06. The Morgan fingerprint density at radius 2 is 2.10 bits per heavy atom. The highest BCUT2D eigenvalue weighted by Gasteiger charge is 2.18. The highest BCUT2D eigenvalue weighted by Crippen LogP contribution is 2.18. The Morgan fingerprint density at radius 3 is 2.40 bits per heavy atom. The van der Waals surface area contributed by atoms with Gasteiger partial charge in [-0.15, -0.1) is 0 Å². The Bertz CT molecular complexity index is 138. The molecule has 0 saturated heterocycles. The van der Waals surface area contributed by atoms with E-state index in [1.165, 1.54) is 0 Å². The molecule has 1 radical (unpaired) electrons. The molecule has 0 unspecified atom stereocenters. The number of carboxylic acids is 1. The third-order valence-corrected chi connectivity index (χ3v) is 1.24. The van der Waals surface area contributed by atoms with E-state index in [2.05, 4.69) is 0 Å². The molecule has 3 heteroatoms.